The summed E-state index contributed by atoms with van der Waals surface area (Å²) < 4.78 is 9.42. The SMILES string of the molecule is COC(=O)CC1(C(=O)OC)CC(CCCCCc2ccc(Cl)cc2Cl)=NO1. The number of hydrogen-bond donors (Lipinski definition) is 0. The van der Waals surface area contributed by atoms with E-state index in [9.17, 15) is 9.59 Å². The lowest BCUT2D eigenvalue weighted by atomic mass is 9.91. The number of benzene rings is 1. The first-order valence-corrected chi connectivity index (χ1v) is 9.49. The molecule has 0 saturated heterocycles. The number of unbranched alkanes of at least 4 members (excludes halogenated alkanes) is 2. The van der Waals surface area contributed by atoms with Gasteiger partial charge in [0, 0.05) is 16.5 Å². The van der Waals surface area contributed by atoms with E-state index in [0.29, 0.717) is 16.5 Å². The van der Waals surface area contributed by atoms with E-state index in [-0.39, 0.29) is 12.8 Å². The van der Waals surface area contributed by atoms with E-state index >= 15 is 0 Å². The van der Waals surface area contributed by atoms with Gasteiger partial charge >= 0.3 is 11.9 Å². The zero-order valence-corrected chi connectivity index (χ0v) is 16.9. The maximum Gasteiger partial charge on any atom is 0.354 e. The first-order chi connectivity index (χ1) is 12.9. The van der Waals surface area contributed by atoms with Gasteiger partial charge in [-0.2, -0.15) is 0 Å². The summed E-state index contributed by atoms with van der Waals surface area (Å²) in [6.45, 7) is 0. The molecule has 0 bridgehead atoms. The summed E-state index contributed by atoms with van der Waals surface area (Å²) in [5, 5.41) is 5.31. The van der Waals surface area contributed by atoms with Crippen LogP contribution < -0.4 is 0 Å². The fourth-order valence-corrected chi connectivity index (χ4v) is 3.50. The van der Waals surface area contributed by atoms with Gasteiger partial charge in [0.05, 0.1) is 26.4 Å². The van der Waals surface area contributed by atoms with Crippen LogP contribution in [0.3, 0.4) is 0 Å². The van der Waals surface area contributed by atoms with Crippen LogP contribution in [0, 0.1) is 0 Å². The quantitative estimate of drug-likeness (QED) is 0.442. The number of hydrogen-bond acceptors (Lipinski definition) is 6. The molecule has 1 heterocycles. The largest absolute Gasteiger partial charge is 0.469 e. The molecule has 0 fully saturated rings. The highest BCUT2D eigenvalue weighted by Crippen LogP contribution is 2.31. The molecule has 148 valence electrons. The van der Waals surface area contributed by atoms with Gasteiger partial charge in [-0.1, -0.05) is 40.8 Å². The molecule has 0 saturated carbocycles. The second-order valence-electron chi connectivity index (χ2n) is 6.46. The molecule has 0 aromatic heterocycles. The van der Waals surface area contributed by atoms with E-state index in [2.05, 4.69) is 9.89 Å². The zero-order chi connectivity index (χ0) is 19.9. The third-order valence-electron chi connectivity index (χ3n) is 4.48. The van der Waals surface area contributed by atoms with Gasteiger partial charge in [-0.25, -0.2) is 4.79 Å². The Morgan fingerprint density at radius 2 is 1.89 bits per heavy atom. The summed E-state index contributed by atoms with van der Waals surface area (Å²) in [6, 6.07) is 5.52. The lowest BCUT2D eigenvalue weighted by Gasteiger charge is -2.22. The number of methoxy groups -OCH3 is 2. The Balaban J connectivity index is 1.78. The Bertz CT molecular complexity index is 722. The van der Waals surface area contributed by atoms with Crippen molar-refractivity contribution in [3.05, 3.63) is 33.8 Å². The van der Waals surface area contributed by atoms with Gasteiger partial charge in [0.25, 0.3) is 0 Å². The molecule has 1 aromatic carbocycles. The lowest BCUT2D eigenvalue weighted by molar-refractivity contribution is -0.173. The summed E-state index contributed by atoms with van der Waals surface area (Å²) in [5.41, 5.74) is 0.410. The van der Waals surface area contributed by atoms with Crippen molar-refractivity contribution in [3.8, 4) is 0 Å². The maximum atomic E-state index is 12.1. The summed E-state index contributed by atoms with van der Waals surface area (Å²) >= 11 is 12.1. The van der Waals surface area contributed by atoms with Crippen molar-refractivity contribution >= 4 is 40.9 Å². The molecule has 1 atom stereocenters. The highest BCUT2D eigenvalue weighted by molar-refractivity contribution is 6.35. The molecular formula is C19H23Cl2NO5. The molecule has 8 heteroatoms. The molecule has 0 N–H and O–H groups in total. The van der Waals surface area contributed by atoms with Crippen LogP contribution in [-0.4, -0.2) is 37.5 Å². The number of oxime groups is 1. The molecule has 0 spiro atoms. The normalized spacial score (nSPS) is 18.6. The molecule has 1 aliphatic heterocycles. The second kappa shape index (κ2) is 9.95. The van der Waals surface area contributed by atoms with Crippen LogP contribution in [-0.2, 0) is 30.3 Å². The Kier molecular flexibility index (Phi) is 7.92. The van der Waals surface area contributed by atoms with Crippen LogP contribution in [0.25, 0.3) is 0 Å². The van der Waals surface area contributed by atoms with E-state index < -0.39 is 17.5 Å². The minimum atomic E-state index is -1.41. The number of nitrogens with zero attached hydrogens (tertiary/aromatic N) is 1. The van der Waals surface area contributed by atoms with Crippen LogP contribution in [0.5, 0.6) is 0 Å². The average Bonchev–Trinajstić information content (AvgIpc) is 3.06. The number of halogens is 2. The van der Waals surface area contributed by atoms with Gasteiger partial charge in [0.15, 0.2) is 0 Å². The fraction of sp³-hybridized carbons (Fsp3) is 0.526. The molecule has 27 heavy (non-hydrogen) atoms. The maximum absolute atomic E-state index is 12.1. The molecule has 0 radical (unpaired) electrons. The highest BCUT2D eigenvalue weighted by Gasteiger charge is 2.49. The van der Waals surface area contributed by atoms with E-state index in [1.807, 2.05) is 12.1 Å². The third-order valence-corrected chi connectivity index (χ3v) is 5.07. The monoisotopic (exact) mass is 415 g/mol. The smallest absolute Gasteiger partial charge is 0.354 e. The van der Waals surface area contributed by atoms with Crippen molar-refractivity contribution in [1.82, 2.24) is 0 Å². The first-order valence-electron chi connectivity index (χ1n) is 8.73. The Morgan fingerprint density at radius 1 is 1.15 bits per heavy atom. The van der Waals surface area contributed by atoms with Crippen molar-refractivity contribution in [1.29, 1.82) is 0 Å². The number of esters is 2. The van der Waals surface area contributed by atoms with E-state index in [4.69, 9.17) is 32.8 Å². The van der Waals surface area contributed by atoms with Crippen molar-refractivity contribution in [3.63, 3.8) is 0 Å². The van der Waals surface area contributed by atoms with Gasteiger partial charge in [-0.15, -0.1) is 0 Å². The van der Waals surface area contributed by atoms with Gasteiger partial charge in [-0.3, -0.25) is 4.79 Å². The first kappa shape index (κ1) is 21.5. The second-order valence-corrected chi connectivity index (χ2v) is 7.30. The number of rotatable bonds is 9. The number of aryl methyl sites for hydroxylation is 1. The molecule has 1 unspecified atom stereocenters. The molecule has 2 rings (SSSR count). The van der Waals surface area contributed by atoms with E-state index in [1.54, 1.807) is 6.07 Å². The van der Waals surface area contributed by atoms with Crippen LogP contribution >= 0.6 is 23.2 Å². The van der Waals surface area contributed by atoms with Crippen LogP contribution in [0.4, 0.5) is 0 Å². The summed E-state index contributed by atoms with van der Waals surface area (Å²) in [6.07, 6.45) is 4.40. The molecule has 1 aliphatic rings. The molecule has 0 amide bonds. The predicted octanol–water partition coefficient (Wildman–Crippen LogP) is 4.35. The Hall–Kier alpha value is -1.79. The average molecular weight is 416 g/mol. The fourth-order valence-electron chi connectivity index (χ4n) is 2.99. The number of ether oxygens (including phenoxy) is 2. The standard InChI is InChI=1S/C19H23Cl2NO5/c1-25-17(23)12-19(18(24)26-2)11-15(22-27-19)7-5-3-4-6-13-8-9-14(20)10-16(13)21/h8-10H,3-7,11-12H2,1-2H3. The third kappa shape index (κ3) is 5.84. The summed E-state index contributed by atoms with van der Waals surface area (Å²) in [5.74, 6) is -1.17. The minimum absolute atomic E-state index is 0.224. The molecule has 0 aliphatic carbocycles. The van der Waals surface area contributed by atoms with Crippen molar-refractivity contribution in [2.75, 3.05) is 14.2 Å². The van der Waals surface area contributed by atoms with Crippen molar-refractivity contribution < 1.29 is 23.9 Å². The summed E-state index contributed by atoms with van der Waals surface area (Å²) in [4.78, 5) is 29.0. The molecule has 1 aromatic rings. The lowest BCUT2D eigenvalue weighted by Crippen LogP contribution is -2.42. The highest BCUT2D eigenvalue weighted by atomic mass is 35.5. The zero-order valence-electron chi connectivity index (χ0n) is 15.4. The Labute approximate surface area is 168 Å². The van der Waals surface area contributed by atoms with Gasteiger partial charge in [-0.05, 0) is 43.4 Å². The topological polar surface area (TPSA) is 74.2 Å². The van der Waals surface area contributed by atoms with Crippen molar-refractivity contribution in [2.24, 2.45) is 5.16 Å². The molecule has 6 nitrogen and oxygen atoms in total. The van der Waals surface area contributed by atoms with E-state index in [1.165, 1.54) is 14.2 Å². The van der Waals surface area contributed by atoms with Crippen LogP contribution in [0.2, 0.25) is 10.0 Å². The predicted molar refractivity (Wildman–Crippen MR) is 103 cm³/mol. The van der Waals surface area contributed by atoms with Gasteiger partial charge in [0.2, 0.25) is 5.60 Å². The Morgan fingerprint density at radius 3 is 2.56 bits per heavy atom. The number of carbonyl (C=O) groups excluding carboxylic acids is 2. The van der Waals surface area contributed by atoms with Gasteiger partial charge in [0.1, 0.15) is 0 Å². The van der Waals surface area contributed by atoms with Crippen LogP contribution in [0.15, 0.2) is 23.4 Å². The molecular weight excluding hydrogens is 393 g/mol. The van der Waals surface area contributed by atoms with Crippen LogP contribution in [0.1, 0.15) is 44.1 Å². The van der Waals surface area contributed by atoms with Crippen molar-refractivity contribution in [2.45, 2.75) is 50.5 Å². The number of carbonyl (C=O) groups is 2. The summed E-state index contributed by atoms with van der Waals surface area (Å²) in [7, 11) is 2.52. The van der Waals surface area contributed by atoms with Gasteiger partial charge < -0.3 is 14.3 Å². The minimum Gasteiger partial charge on any atom is -0.469 e. The van der Waals surface area contributed by atoms with E-state index in [0.717, 1.165) is 37.0 Å².